The standard InChI is InChI=1S/C32H29BrClFN4O3/c1-16-8-18-10-19(11-24(34)27(18)37-13-16)30(40)38-14-20(9-17-6-7-17)25-12-22-29(42-15-32(22,2)31(36)41)28(39-25)21-4-3-5-23(33)26(21)35/h3-5,8,10-13,17,20H,6-7,9,14-15H2,1-2H3,(H2,36,41)(H,38,40)/t20?,32-/m0/s1. The van der Waals surface area contributed by atoms with Crippen molar-refractivity contribution in [2.24, 2.45) is 11.7 Å². The highest BCUT2D eigenvalue weighted by atomic mass is 79.9. The fraction of sp³-hybridized carbons (Fsp3) is 0.312. The Morgan fingerprint density at radius 2 is 2.05 bits per heavy atom. The van der Waals surface area contributed by atoms with Crippen LogP contribution in [0.1, 0.15) is 59.3 Å². The maximum atomic E-state index is 15.4. The van der Waals surface area contributed by atoms with Gasteiger partial charge < -0.3 is 15.8 Å². The number of rotatable bonds is 8. The zero-order valence-electron chi connectivity index (χ0n) is 23.1. The molecule has 3 heterocycles. The zero-order valence-corrected chi connectivity index (χ0v) is 25.5. The molecule has 2 aromatic carbocycles. The minimum Gasteiger partial charge on any atom is -0.489 e. The Morgan fingerprint density at radius 3 is 2.79 bits per heavy atom. The van der Waals surface area contributed by atoms with Crippen molar-refractivity contribution in [2.45, 2.75) is 44.4 Å². The molecular weight excluding hydrogens is 623 g/mol. The van der Waals surface area contributed by atoms with E-state index in [0.29, 0.717) is 44.7 Å². The molecule has 7 nitrogen and oxygen atoms in total. The first kappa shape index (κ1) is 28.6. The van der Waals surface area contributed by atoms with E-state index < -0.39 is 17.1 Å². The Hall–Kier alpha value is -3.56. The molecular formula is C32H29BrClFN4O3. The molecule has 1 saturated carbocycles. The second-order valence-electron chi connectivity index (χ2n) is 11.5. The molecule has 10 heteroatoms. The van der Waals surface area contributed by atoms with Crippen molar-refractivity contribution in [1.29, 1.82) is 0 Å². The third kappa shape index (κ3) is 5.24. The van der Waals surface area contributed by atoms with Gasteiger partial charge in [0.2, 0.25) is 5.91 Å². The number of pyridine rings is 2. The fourth-order valence-electron chi connectivity index (χ4n) is 5.51. The lowest BCUT2D eigenvalue weighted by molar-refractivity contribution is -0.123. The summed E-state index contributed by atoms with van der Waals surface area (Å²) in [5.41, 5.74) is 8.54. The van der Waals surface area contributed by atoms with E-state index in [4.69, 9.17) is 27.1 Å². The predicted molar refractivity (Wildman–Crippen MR) is 163 cm³/mol. The molecule has 1 unspecified atom stereocenters. The van der Waals surface area contributed by atoms with Crippen molar-refractivity contribution < 1.29 is 18.7 Å². The van der Waals surface area contributed by atoms with Crippen LogP contribution in [0.4, 0.5) is 4.39 Å². The molecule has 0 bridgehead atoms. The van der Waals surface area contributed by atoms with Gasteiger partial charge in [-0.1, -0.05) is 30.5 Å². The zero-order chi connectivity index (χ0) is 29.8. The van der Waals surface area contributed by atoms with Gasteiger partial charge in [0.05, 0.1) is 15.0 Å². The number of nitrogens with zero attached hydrogens (tertiary/aromatic N) is 2. The van der Waals surface area contributed by atoms with Crippen LogP contribution in [-0.4, -0.2) is 34.9 Å². The number of hydrogen-bond donors (Lipinski definition) is 2. The number of primary amides is 1. The molecule has 0 radical (unpaired) electrons. The van der Waals surface area contributed by atoms with Crippen LogP contribution in [0.15, 0.2) is 53.1 Å². The summed E-state index contributed by atoms with van der Waals surface area (Å²) in [5.74, 6) is -0.643. The second-order valence-corrected chi connectivity index (χ2v) is 12.7. The van der Waals surface area contributed by atoms with Gasteiger partial charge in [-0.3, -0.25) is 14.6 Å². The number of aryl methyl sites for hydroxylation is 1. The van der Waals surface area contributed by atoms with E-state index in [0.717, 1.165) is 30.2 Å². The highest BCUT2D eigenvalue weighted by Crippen LogP contribution is 2.47. The Balaban J connectivity index is 1.38. The van der Waals surface area contributed by atoms with Crippen LogP contribution in [0, 0.1) is 18.7 Å². The number of benzene rings is 2. The lowest BCUT2D eigenvalue weighted by atomic mass is 9.82. The third-order valence-electron chi connectivity index (χ3n) is 8.22. The summed E-state index contributed by atoms with van der Waals surface area (Å²) in [4.78, 5) is 35.3. The first-order valence-corrected chi connectivity index (χ1v) is 15.0. The van der Waals surface area contributed by atoms with Crippen molar-refractivity contribution in [3.05, 3.63) is 86.4 Å². The second kappa shape index (κ2) is 10.9. The summed E-state index contributed by atoms with van der Waals surface area (Å²) >= 11 is 9.73. The highest BCUT2D eigenvalue weighted by Gasteiger charge is 2.44. The van der Waals surface area contributed by atoms with Crippen LogP contribution in [0.5, 0.6) is 5.75 Å². The summed E-state index contributed by atoms with van der Waals surface area (Å²) in [7, 11) is 0. The summed E-state index contributed by atoms with van der Waals surface area (Å²) in [6.45, 7) is 3.98. The maximum Gasteiger partial charge on any atom is 0.251 e. The fourth-order valence-corrected chi connectivity index (χ4v) is 6.16. The lowest BCUT2D eigenvalue weighted by Gasteiger charge is -2.22. The van der Waals surface area contributed by atoms with Crippen LogP contribution < -0.4 is 15.8 Å². The molecule has 1 fully saturated rings. The predicted octanol–water partition coefficient (Wildman–Crippen LogP) is 6.61. The third-order valence-corrected chi connectivity index (χ3v) is 9.12. The SMILES string of the molecule is Cc1cnc2c(Cl)cc(C(=O)NCC(CC3CC3)c3cc4c(c(-c5cccc(Br)c5F)n3)OC[C@]4(C)C(N)=O)cc2c1. The van der Waals surface area contributed by atoms with E-state index in [1.165, 1.54) is 0 Å². The van der Waals surface area contributed by atoms with Gasteiger partial charge in [-0.15, -0.1) is 0 Å². The van der Waals surface area contributed by atoms with E-state index in [1.807, 2.05) is 19.1 Å². The van der Waals surface area contributed by atoms with Crippen LogP contribution in [0.25, 0.3) is 22.2 Å². The Kier molecular flexibility index (Phi) is 7.43. The molecule has 3 N–H and O–H groups in total. The molecule has 6 rings (SSSR count). The molecule has 1 aliphatic heterocycles. The quantitative estimate of drug-likeness (QED) is 0.223. The Bertz CT molecular complexity index is 1760. The molecule has 0 saturated heterocycles. The largest absolute Gasteiger partial charge is 0.489 e. The maximum absolute atomic E-state index is 15.4. The molecule has 42 heavy (non-hydrogen) atoms. The average molecular weight is 652 g/mol. The topological polar surface area (TPSA) is 107 Å². The number of nitrogens with two attached hydrogens (primary N) is 1. The monoisotopic (exact) mass is 650 g/mol. The molecule has 1 aliphatic carbocycles. The van der Waals surface area contributed by atoms with E-state index in [1.54, 1.807) is 43.5 Å². The van der Waals surface area contributed by atoms with Crippen molar-refractivity contribution in [3.8, 4) is 17.0 Å². The molecule has 2 aromatic heterocycles. The number of halogens is 3. The lowest BCUT2D eigenvalue weighted by Crippen LogP contribution is -2.40. The summed E-state index contributed by atoms with van der Waals surface area (Å²) in [6.07, 6.45) is 4.71. The molecule has 2 aliphatic rings. The average Bonchev–Trinajstić information content (AvgIpc) is 3.72. The van der Waals surface area contributed by atoms with Gasteiger partial charge >= 0.3 is 0 Å². The normalized spacial score (nSPS) is 18.4. The van der Waals surface area contributed by atoms with Gasteiger partial charge in [0, 0.05) is 46.4 Å². The number of fused-ring (bicyclic) bond motifs is 2. The summed E-state index contributed by atoms with van der Waals surface area (Å²) in [6, 6.07) is 12.1. The van der Waals surface area contributed by atoms with Gasteiger partial charge in [-0.05, 0) is 84.1 Å². The van der Waals surface area contributed by atoms with E-state index in [-0.39, 0.29) is 35.0 Å². The van der Waals surface area contributed by atoms with Gasteiger partial charge in [0.1, 0.15) is 29.3 Å². The van der Waals surface area contributed by atoms with Crippen molar-refractivity contribution >= 4 is 50.2 Å². The van der Waals surface area contributed by atoms with E-state index in [9.17, 15) is 9.59 Å². The number of amides is 2. The molecule has 0 spiro atoms. The first-order valence-electron chi connectivity index (χ1n) is 13.8. The van der Waals surface area contributed by atoms with Gasteiger partial charge in [-0.25, -0.2) is 9.37 Å². The summed E-state index contributed by atoms with van der Waals surface area (Å²) in [5, 5.41) is 4.25. The van der Waals surface area contributed by atoms with Crippen LogP contribution in [-0.2, 0) is 10.2 Å². The van der Waals surface area contributed by atoms with Gasteiger partial charge in [0.15, 0.2) is 0 Å². The van der Waals surface area contributed by atoms with E-state index in [2.05, 4.69) is 26.2 Å². The molecule has 216 valence electrons. The van der Waals surface area contributed by atoms with Crippen LogP contribution in [0.3, 0.4) is 0 Å². The molecule has 2 amide bonds. The summed E-state index contributed by atoms with van der Waals surface area (Å²) < 4.78 is 21.6. The Labute approximate surface area is 256 Å². The van der Waals surface area contributed by atoms with Gasteiger partial charge in [-0.2, -0.15) is 0 Å². The molecule has 2 atom stereocenters. The van der Waals surface area contributed by atoms with Crippen molar-refractivity contribution in [2.75, 3.05) is 13.2 Å². The highest BCUT2D eigenvalue weighted by molar-refractivity contribution is 9.10. The van der Waals surface area contributed by atoms with Crippen LogP contribution >= 0.6 is 27.5 Å². The molecule has 4 aromatic rings. The first-order chi connectivity index (χ1) is 20.0. The van der Waals surface area contributed by atoms with Crippen molar-refractivity contribution in [1.82, 2.24) is 15.3 Å². The number of carbonyl (C=O) groups is 2. The number of hydrogen-bond acceptors (Lipinski definition) is 5. The smallest absolute Gasteiger partial charge is 0.251 e. The number of carbonyl (C=O) groups excluding carboxylic acids is 2. The van der Waals surface area contributed by atoms with Gasteiger partial charge in [0.25, 0.3) is 5.91 Å². The minimum atomic E-state index is -1.11. The van der Waals surface area contributed by atoms with Crippen LogP contribution in [0.2, 0.25) is 5.02 Å². The van der Waals surface area contributed by atoms with Crippen molar-refractivity contribution in [3.63, 3.8) is 0 Å². The number of nitrogens with one attached hydrogen (secondary N) is 1. The minimum absolute atomic E-state index is 0.0342. The number of aromatic nitrogens is 2. The van der Waals surface area contributed by atoms with E-state index >= 15 is 4.39 Å². The Morgan fingerprint density at radius 1 is 1.26 bits per heavy atom. The number of ether oxygens (including phenoxy) is 1.